The van der Waals surface area contributed by atoms with Crippen molar-refractivity contribution in [2.45, 2.75) is 12.5 Å². The van der Waals surface area contributed by atoms with E-state index in [0.717, 1.165) is 10.5 Å². The van der Waals surface area contributed by atoms with Crippen LogP contribution in [0.15, 0.2) is 91.0 Å². The van der Waals surface area contributed by atoms with Gasteiger partial charge in [0.1, 0.15) is 17.7 Å². The number of esters is 1. The molecule has 9 nitrogen and oxygen atoms in total. The molecule has 0 unspecified atom stereocenters. The van der Waals surface area contributed by atoms with Crippen LogP contribution >= 0.6 is 0 Å². The first-order valence-corrected chi connectivity index (χ1v) is 12.3. The van der Waals surface area contributed by atoms with Gasteiger partial charge in [0.15, 0.2) is 11.5 Å². The van der Waals surface area contributed by atoms with E-state index in [1.807, 2.05) is 12.1 Å². The van der Waals surface area contributed by atoms with E-state index in [2.05, 4.69) is 11.9 Å². The van der Waals surface area contributed by atoms with Gasteiger partial charge in [-0.05, 0) is 41.5 Å². The zero-order valence-electron chi connectivity index (χ0n) is 21.6. The zero-order chi connectivity index (χ0) is 28.6. The molecule has 1 N–H and O–H groups in total. The summed E-state index contributed by atoms with van der Waals surface area (Å²) in [6.07, 6.45) is 2.90. The first-order chi connectivity index (χ1) is 19.4. The van der Waals surface area contributed by atoms with Crippen LogP contribution in [0.4, 0.5) is 0 Å². The SMILES string of the molecule is C=CCNC(=O)/C(C#N)=C/c1ccc(OC(=O)[C@@H](Cc2ccccc2)N2C(=O)c3ccccc3C2=O)c(OC)c1. The molecule has 0 spiro atoms. The molecule has 3 amide bonds. The number of nitriles is 1. The lowest BCUT2D eigenvalue weighted by Crippen LogP contribution is -2.48. The van der Waals surface area contributed by atoms with Crippen molar-refractivity contribution in [2.24, 2.45) is 0 Å². The molecule has 1 atom stereocenters. The highest BCUT2D eigenvalue weighted by Crippen LogP contribution is 2.31. The molecule has 200 valence electrons. The Balaban J connectivity index is 1.63. The summed E-state index contributed by atoms with van der Waals surface area (Å²) in [5.41, 5.74) is 1.48. The van der Waals surface area contributed by atoms with Crippen molar-refractivity contribution >= 4 is 29.8 Å². The van der Waals surface area contributed by atoms with Gasteiger partial charge in [0.2, 0.25) is 0 Å². The molecule has 9 heteroatoms. The Kier molecular flexibility index (Phi) is 8.52. The Labute approximate surface area is 230 Å². The molecule has 0 saturated heterocycles. The first-order valence-electron chi connectivity index (χ1n) is 12.3. The Bertz CT molecular complexity index is 1520. The predicted molar refractivity (Wildman–Crippen MR) is 146 cm³/mol. The van der Waals surface area contributed by atoms with Crippen molar-refractivity contribution in [2.75, 3.05) is 13.7 Å². The van der Waals surface area contributed by atoms with E-state index in [1.54, 1.807) is 48.5 Å². The van der Waals surface area contributed by atoms with E-state index in [4.69, 9.17) is 9.47 Å². The number of hydrogen-bond acceptors (Lipinski definition) is 7. The van der Waals surface area contributed by atoms with E-state index in [1.165, 1.54) is 37.5 Å². The maximum Gasteiger partial charge on any atom is 0.335 e. The average Bonchev–Trinajstić information content (AvgIpc) is 3.23. The molecular formula is C31H25N3O6. The van der Waals surface area contributed by atoms with Crippen LogP contribution in [0.1, 0.15) is 31.8 Å². The lowest BCUT2D eigenvalue weighted by molar-refractivity contribution is -0.139. The Hall–Kier alpha value is -5.49. The van der Waals surface area contributed by atoms with Crippen molar-refractivity contribution in [3.63, 3.8) is 0 Å². The molecule has 4 rings (SSSR count). The maximum atomic E-state index is 13.6. The monoisotopic (exact) mass is 535 g/mol. The first kappa shape index (κ1) is 27.5. The van der Waals surface area contributed by atoms with Crippen LogP contribution in [0.25, 0.3) is 6.08 Å². The topological polar surface area (TPSA) is 126 Å². The van der Waals surface area contributed by atoms with Crippen LogP contribution < -0.4 is 14.8 Å². The highest BCUT2D eigenvalue weighted by atomic mass is 16.6. The molecule has 0 bridgehead atoms. The van der Waals surface area contributed by atoms with Gasteiger partial charge >= 0.3 is 5.97 Å². The summed E-state index contributed by atoms with van der Waals surface area (Å²) in [5.74, 6) is -2.38. The Morgan fingerprint density at radius 1 is 1.00 bits per heavy atom. The number of benzene rings is 3. The van der Waals surface area contributed by atoms with Crippen molar-refractivity contribution < 1.29 is 28.7 Å². The number of methoxy groups -OCH3 is 1. The van der Waals surface area contributed by atoms with Gasteiger partial charge in [-0.25, -0.2) is 4.79 Å². The molecule has 0 fully saturated rings. The number of carbonyl (C=O) groups is 4. The molecule has 40 heavy (non-hydrogen) atoms. The van der Waals surface area contributed by atoms with Crippen molar-refractivity contribution in [1.29, 1.82) is 5.26 Å². The fraction of sp³-hybridized carbons (Fsp3) is 0.129. The molecule has 0 aromatic heterocycles. The van der Waals surface area contributed by atoms with Crippen LogP contribution in [-0.2, 0) is 16.0 Å². The van der Waals surface area contributed by atoms with Crippen LogP contribution in [0.3, 0.4) is 0 Å². The molecule has 3 aromatic rings. The molecule has 0 aliphatic carbocycles. The minimum absolute atomic E-state index is 0.0361. The van der Waals surface area contributed by atoms with E-state index in [-0.39, 0.29) is 41.2 Å². The van der Waals surface area contributed by atoms with Gasteiger partial charge in [0.25, 0.3) is 17.7 Å². The standard InChI is InChI=1S/C31H25N3O6/c1-3-15-33-28(35)22(19-32)16-21-13-14-26(27(18-21)39-2)40-31(38)25(17-20-9-5-4-6-10-20)34-29(36)23-11-7-8-12-24(23)30(34)37/h3-14,16,18,25H,1,15,17H2,2H3,(H,33,35)/b22-16+/t25-/m1/s1. The van der Waals surface area contributed by atoms with Crippen molar-refractivity contribution in [3.8, 4) is 17.6 Å². The van der Waals surface area contributed by atoms with Gasteiger partial charge in [-0.3, -0.25) is 19.3 Å². The van der Waals surface area contributed by atoms with Crippen molar-refractivity contribution in [3.05, 3.63) is 113 Å². The number of hydrogen-bond donors (Lipinski definition) is 1. The van der Waals surface area contributed by atoms with Crippen LogP contribution in [0.5, 0.6) is 11.5 Å². The quantitative estimate of drug-likeness (QED) is 0.105. The second kappa shape index (κ2) is 12.4. The fourth-order valence-corrected chi connectivity index (χ4v) is 4.22. The zero-order valence-corrected chi connectivity index (χ0v) is 21.6. The molecule has 1 heterocycles. The number of carbonyl (C=O) groups excluding carboxylic acids is 4. The third-order valence-electron chi connectivity index (χ3n) is 6.16. The summed E-state index contributed by atoms with van der Waals surface area (Å²) in [6, 6.07) is 20.5. The number of ether oxygens (including phenoxy) is 2. The number of fused-ring (bicyclic) bond motifs is 1. The summed E-state index contributed by atoms with van der Waals surface area (Å²) >= 11 is 0. The van der Waals surface area contributed by atoms with E-state index >= 15 is 0 Å². The molecule has 0 saturated carbocycles. The Morgan fingerprint density at radius 2 is 1.65 bits per heavy atom. The number of nitrogens with zero attached hydrogens (tertiary/aromatic N) is 2. The second-order valence-corrected chi connectivity index (χ2v) is 8.73. The number of amides is 3. The van der Waals surface area contributed by atoms with Crippen LogP contribution in [0, 0.1) is 11.3 Å². The highest BCUT2D eigenvalue weighted by molar-refractivity contribution is 6.22. The summed E-state index contributed by atoms with van der Waals surface area (Å²) in [5, 5.41) is 11.9. The number of nitrogens with one attached hydrogen (secondary N) is 1. The number of imide groups is 1. The summed E-state index contributed by atoms with van der Waals surface area (Å²) in [4.78, 5) is 53.1. The van der Waals surface area contributed by atoms with Crippen molar-refractivity contribution in [1.82, 2.24) is 10.2 Å². The van der Waals surface area contributed by atoms with Gasteiger partial charge in [0, 0.05) is 13.0 Å². The minimum atomic E-state index is -1.25. The second-order valence-electron chi connectivity index (χ2n) is 8.73. The minimum Gasteiger partial charge on any atom is -0.493 e. The van der Waals surface area contributed by atoms with Gasteiger partial charge in [0.05, 0.1) is 18.2 Å². The predicted octanol–water partition coefficient (Wildman–Crippen LogP) is 3.72. The van der Waals surface area contributed by atoms with Gasteiger partial charge in [-0.2, -0.15) is 5.26 Å². The molecular weight excluding hydrogens is 510 g/mol. The lowest BCUT2D eigenvalue weighted by atomic mass is 10.0. The summed E-state index contributed by atoms with van der Waals surface area (Å²) in [6.45, 7) is 3.72. The molecule has 1 aliphatic rings. The summed E-state index contributed by atoms with van der Waals surface area (Å²) < 4.78 is 11.1. The van der Waals surface area contributed by atoms with Gasteiger partial charge in [-0.15, -0.1) is 6.58 Å². The highest BCUT2D eigenvalue weighted by Gasteiger charge is 2.43. The molecule has 0 radical (unpaired) electrons. The van der Waals surface area contributed by atoms with Gasteiger partial charge < -0.3 is 14.8 Å². The average molecular weight is 536 g/mol. The molecule has 1 aliphatic heterocycles. The lowest BCUT2D eigenvalue weighted by Gasteiger charge is -2.25. The van der Waals surface area contributed by atoms with Gasteiger partial charge in [-0.1, -0.05) is 54.6 Å². The largest absolute Gasteiger partial charge is 0.493 e. The van der Waals surface area contributed by atoms with Crippen LogP contribution in [-0.4, -0.2) is 48.3 Å². The summed E-state index contributed by atoms with van der Waals surface area (Å²) in [7, 11) is 1.37. The number of rotatable bonds is 10. The van der Waals surface area contributed by atoms with E-state index in [0.29, 0.717) is 5.56 Å². The Morgan fingerprint density at radius 3 is 2.25 bits per heavy atom. The van der Waals surface area contributed by atoms with E-state index < -0.39 is 29.7 Å². The van der Waals surface area contributed by atoms with Crippen LogP contribution in [0.2, 0.25) is 0 Å². The molecule has 3 aromatic carbocycles. The maximum absolute atomic E-state index is 13.6. The van der Waals surface area contributed by atoms with E-state index in [9.17, 15) is 24.4 Å². The third-order valence-corrected chi connectivity index (χ3v) is 6.16. The fourth-order valence-electron chi connectivity index (χ4n) is 4.22. The third kappa shape index (κ3) is 5.81. The smallest absolute Gasteiger partial charge is 0.335 e. The normalized spacial score (nSPS) is 13.2.